The van der Waals surface area contributed by atoms with Crippen LogP contribution in [-0.2, 0) is 26.1 Å². The lowest BCUT2D eigenvalue weighted by molar-refractivity contribution is -0.129. The summed E-state index contributed by atoms with van der Waals surface area (Å²) in [5.41, 5.74) is 2.25. The van der Waals surface area contributed by atoms with Crippen molar-refractivity contribution in [3.8, 4) is 0 Å². The van der Waals surface area contributed by atoms with Crippen molar-refractivity contribution in [2.24, 2.45) is 0 Å². The third-order valence-corrected chi connectivity index (χ3v) is 6.04. The number of ether oxygens (including phenoxy) is 1. The fourth-order valence-corrected chi connectivity index (χ4v) is 4.11. The Morgan fingerprint density at radius 3 is 2.53 bits per heavy atom. The van der Waals surface area contributed by atoms with E-state index in [9.17, 15) is 18.0 Å². The average Bonchev–Trinajstić information content (AvgIpc) is 3.27. The number of amides is 1. The number of hydrogen-bond acceptors (Lipinski definition) is 6. The van der Waals surface area contributed by atoms with Gasteiger partial charge in [-0.3, -0.25) is 9.52 Å². The van der Waals surface area contributed by atoms with Gasteiger partial charge in [-0.2, -0.15) is 0 Å². The van der Waals surface area contributed by atoms with E-state index in [1.165, 1.54) is 37.5 Å². The summed E-state index contributed by atoms with van der Waals surface area (Å²) in [4.78, 5) is 24.5. The van der Waals surface area contributed by atoms with Crippen molar-refractivity contribution in [3.05, 3.63) is 83.3 Å². The molecule has 1 atom stereocenters. The summed E-state index contributed by atoms with van der Waals surface area (Å²) >= 11 is 0. The smallest absolute Gasteiger partial charge is 0.338 e. The maximum absolute atomic E-state index is 12.8. The van der Waals surface area contributed by atoms with E-state index in [4.69, 9.17) is 9.15 Å². The zero-order chi connectivity index (χ0) is 23.3. The molecule has 0 saturated heterocycles. The topological polar surface area (TPSA) is 115 Å². The lowest BCUT2D eigenvalue weighted by Crippen LogP contribution is -2.35. The summed E-state index contributed by atoms with van der Waals surface area (Å²) in [6.45, 7) is 5.30. The second-order valence-electron chi connectivity index (χ2n) is 7.30. The highest BCUT2D eigenvalue weighted by molar-refractivity contribution is 7.92. The van der Waals surface area contributed by atoms with E-state index in [0.29, 0.717) is 11.4 Å². The zero-order valence-electron chi connectivity index (χ0n) is 17.9. The van der Waals surface area contributed by atoms with Crippen molar-refractivity contribution in [3.63, 3.8) is 0 Å². The number of esters is 1. The first-order chi connectivity index (χ1) is 15.2. The van der Waals surface area contributed by atoms with Gasteiger partial charge in [0, 0.05) is 0 Å². The molecule has 1 unspecified atom stereocenters. The Morgan fingerprint density at radius 2 is 1.84 bits per heavy atom. The molecule has 0 aliphatic heterocycles. The maximum atomic E-state index is 12.8. The van der Waals surface area contributed by atoms with Crippen LogP contribution in [0.3, 0.4) is 0 Å². The minimum Gasteiger partial charge on any atom is -0.467 e. The van der Waals surface area contributed by atoms with E-state index in [1.54, 1.807) is 31.2 Å². The summed E-state index contributed by atoms with van der Waals surface area (Å²) in [7, 11) is -3.93. The third-order valence-electron chi connectivity index (χ3n) is 4.68. The molecule has 0 saturated carbocycles. The van der Waals surface area contributed by atoms with Crippen LogP contribution in [0.2, 0.25) is 0 Å². The van der Waals surface area contributed by atoms with Crippen LogP contribution < -0.4 is 10.0 Å². The molecular weight excluding hydrogens is 432 g/mol. The molecule has 168 valence electrons. The molecule has 3 rings (SSSR count). The summed E-state index contributed by atoms with van der Waals surface area (Å²) < 4.78 is 38.5. The van der Waals surface area contributed by atoms with Crippen molar-refractivity contribution in [1.82, 2.24) is 5.32 Å². The molecule has 0 aliphatic carbocycles. The van der Waals surface area contributed by atoms with Crippen LogP contribution in [-0.4, -0.2) is 26.4 Å². The molecule has 2 N–H and O–H groups in total. The number of aryl methyl sites for hydroxylation is 2. The molecule has 0 spiro atoms. The number of carbonyl (C=O) groups excluding carboxylic acids is 2. The first-order valence-corrected chi connectivity index (χ1v) is 11.4. The Balaban J connectivity index is 1.67. The van der Waals surface area contributed by atoms with Crippen molar-refractivity contribution in [1.29, 1.82) is 0 Å². The van der Waals surface area contributed by atoms with Crippen LogP contribution in [0.1, 0.15) is 34.2 Å². The Bertz CT molecular complexity index is 1220. The minimum absolute atomic E-state index is 0.0131. The number of benzene rings is 2. The second-order valence-corrected chi connectivity index (χ2v) is 8.98. The van der Waals surface area contributed by atoms with Gasteiger partial charge in [-0.15, -0.1) is 0 Å². The molecule has 1 aromatic heterocycles. The summed E-state index contributed by atoms with van der Waals surface area (Å²) in [5, 5.41) is 2.60. The van der Waals surface area contributed by atoms with Gasteiger partial charge >= 0.3 is 5.97 Å². The van der Waals surface area contributed by atoms with Gasteiger partial charge in [0.25, 0.3) is 15.9 Å². The van der Waals surface area contributed by atoms with Crippen molar-refractivity contribution in [2.45, 2.75) is 38.3 Å². The van der Waals surface area contributed by atoms with Crippen LogP contribution >= 0.6 is 0 Å². The monoisotopic (exact) mass is 456 g/mol. The quantitative estimate of drug-likeness (QED) is 0.501. The van der Waals surface area contributed by atoms with E-state index in [2.05, 4.69) is 10.0 Å². The van der Waals surface area contributed by atoms with Crippen LogP contribution in [0, 0.1) is 13.8 Å². The van der Waals surface area contributed by atoms with E-state index >= 15 is 0 Å². The maximum Gasteiger partial charge on any atom is 0.338 e. The normalized spacial score (nSPS) is 12.1. The molecule has 1 heterocycles. The number of anilines is 1. The fraction of sp³-hybridized carbons (Fsp3) is 0.217. The molecule has 8 nitrogen and oxygen atoms in total. The predicted molar refractivity (Wildman–Crippen MR) is 119 cm³/mol. The largest absolute Gasteiger partial charge is 0.467 e. The highest BCUT2D eigenvalue weighted by Crippen LogP contribution is 2.21. The molecule has 1 amide bonds. The third kappa shape index (κ3) is 5.76. The van der Waals surface area contributed by atoms with Gasteiger partial charge in [0.1, 0.15) is 5.76 Å². The standard InChI is InChI=1S/C23H24N2O6S/c1-15-9-10-21(16(2)12-15)25-32(28,29)20-8-4-6-18(13-20)23(27)31-17(3)22(26)24-14-19-7-5-11-30-19/h4-13,17,25H,14H2,1-3H3,(H,24,26). The molecule has 2 aromatic carbocycles. The first kappa shape index (κ1) is 23.1. The lowest BCUT2D eigenvalue weighted by Gasteiger charge is -2.14. The van der Waals surface area contributed by atoms with E-state index in [1.807, 2.05) is 13.0 Å². The fourth-order valence-electron chi connectivity index (χ4n) is 2.94. The Morgan fingerprint density at radius 1 is 1.06 bits per heavy atom. The van der Waals surface area contributed by atoms with Crippen molar-refractivity contribution in [2.75, 3.05) is 4.72 Å². The van der Waals surface area contributed by atoms with E-state index < -0.39 is 28.0 Å². The number of rotatable bonds is 8. The second kappa shape index (κ2) is 9.69. The SMILES string of the molecule is Cc1ccc(NS(=O)(=O)c2cccc(C(=O)OC(C)C(=O)NCc3ccco3)c2)c(C)c1. The first-order valence-electron chi connectivity index (χ1n) is 9.87. The Hall–Kier alpha value is -3.59. The van der Waals surface area contributed by atoms with Gasteiger partial charge in [0.05, 0.1) is 29.0 Å². The van der Waals surface area contributed by atoms with Crippen LogP contribution in [0.5, 0.6) is 0 Å². The van der Waals surface area contributed by atoms with Gasteiger partial charge in [0.2, 0.25) is 0 Å². The molecule has 0 bridgehead atoms. The van der Waals surface area contributed by atoms with Gasteiger partial charge in [-0.1, -0.05) is 23.8 Å². The molecule has 0 radical (unpaired) electrons. The zero-order valence-corrected chi connectivity index (χ0v) is 18.7. The van der Waals surface area contributed by atoms with Crippen LogP contribution in [0.25, 0.3) is 0 Å². The van der Waals surface area contributed by atoms with E-state index in [0.717, 1.165) is 11.1 Å². The summed E-state index contributed by atoms with van der Waals surface area (Å²) in [6.07, 6.45) is 0.409. The number of carbonyl (C=O) groups is 2. The number of furan rings is 1. The molecule has 32 heavy (non-hydrogen) atoms. The van der Waals surface area contributed by atoms with Gasteiger partial charge in [0.15, 0.2) is 6.10 Å². The lowest BCUT2D eigenvalue weighted by atomic mass is 10.1. The van der Waals surface area contributed by atoms with Crippen molar-refractivity contribution >= 4 is 27.6 Å². The highest BCUT2D eigenvalue weighted by Gasteiger charge is 2.21. The Labute approximate surface area is 186 Å². The van der Waals surface area contributed by atoms with Crippen LogP contribution in [0.4, 0.5) is 5.69 Å². The Kier molecular flexibility index (Phi) is 6.99. The number of nitrogens with one attached hydrogen (secondary N) is 2. The molecule has 0 aliphatic rings. The van der Waals surface area contributed by atoms with Gasteiger partial charge in [-0.25, -0.2) is 13.2 Å². The highest BCUT2D eigenvalue weighted by atomic mass is 32.2. The van der Waals surface area contributed by atoms with Crippen LogP contribution in [0.15, 0.2) is 70.2 Å². The average molecular weight is 457 g/mol. The molecule has 0 fully saturated rings. The molecular formula is C23H24N2O6S. The molecule has 3 aromatic rings. The molecule has 9 heteroatoms. The number of sulfonamides is 1. The van der Waals surface area contributed by atoms with E-state index in [-0.39, 0.29) is 17.0 Å². The summed E-state index contributed by atoms with van der Waals surface area (Å²) in [6, 6.07) is 14.2. The minimum atomic E-state index is -3.93. The summed E-state index contributed by atoms with van der Waals surface area (Å²) in [5.74, 6) is -0.754. The van der Waals surface area contributed by atoms with Gasteiger partial charge in [-0.05, 0) is 62.7 Å². The van der Waals surface area contributed by atoms with Crippen molar-refractivity contribution < 1.29 is 27.2 Å². The number of hydrogen-bond donors (Lipinski definition) is 2. The van der Waals surface area contributed by atoms with Gasteiger partial charge < -0.3 is 14.5 Å². The predicted octanol–water partition coefficient (Wildman–Crippen LogP) is 3.56.